The van der Waals surface area contributed by atoms with Crippen LogP contribution in [0.2, 0.25) is 0 Å². The fourth-order valence-electron chi connectivity index (χ4n) is 13.9. The second-order valence-corrected chi connectivity index (χ2v) is 24.6. The molecular weight excluding hydrogens is 1190 g/mol. The van der Waals surface area contributed by atoms with Gasteiger partial charge < -0.3 is 9.13 Å². The van der Waals surface area contributed by atoms with E-state index < -0.39 is 0 Å². The maximum Gasteiger partial charge on any atom is 0.160 e. The van der Waals surface area contributed by atoms with Gasteiger partial charge in [0.05, 0.1) is 79.0 Å². The Morgan fingerprint density at radius 3 is 0.990 bits per heavy atom. The number of nitrogens with zero attached hydrogens (tertiary/aromatic N) is 8. The third-order valence-electron chi connectivity index (χ3n) is 18.6. The van der Waals surface area contributed by atoms with Crippen LogP contribution in [0.1, 0.15) is 0 Å². The van der Waals surface area contributed by atoms with Gasteiger partial charge in [0.2, 0.25) is 0 Å². The summed E-state index contributed by atoms with van der Waals surface area (Å²) in [5.41, 5.74) is 24.2. The molecule has 0 unspecified atom stereocenters. The monoisotopic (exact) mass is 1250 g/mol. The lowest BCUT2D eigenvalue weighted by Gasteiger charge is -2.23. The highest BCUT2D eigenvalue weighted by molar-refractivity contribution is 6.14. The maximum atomic E-state index is 5.76. The lowest BCUT2D eigenvalue weighted by molar-refractivity contribution is 1.09. The van der Waals surface area contributed by atoms with Gasteiger partial charge in [0, 0.05) is 77.2 Å². The number of hydrogen-bond acceptors (Lipinski definition) is 6. The molecule has 0 fully saturated rings. The van der Waals surface area contributed by atoms with Crippen LogP contribution >= 0.6 is 0 Å². The topological polar surface area (TPSA) is 87.2 Å². The predicted molar refractivity (Wildman–Crippen MR) is 402 cm³/mol. The molecule has 18 rings (SSSR count). The molecule has 0 N–H and O–H groups in total. The molecule has 0 atom stereocenters. The van der Waals surface area contributed by atoms with Crippen LogP contribution in [-0.2, 0) is 0 Å². The lowest BCUT2D eigenvalue weighted by Crippen LogP contribution is -2.08. The standard InChI is InChI=1S/C90H58N8/c1-8-26-59(27-9-1)66-46-49-86-71(52-66)70-40-22-23-45-83(70)98(86)88-74(82-58-80(63-34-16-5-17-35-63)94-90(96-82)65-38-20-7-21-39-65)55-69(81-57-79(62-32-14-4-15-33-62)93-89(95-81)64-36-18-6-19-37-64)56-87(88)97-84-50-47-67(77-43-24-41-75(91-77)60-28-10-2-11-29-60)53-72(84)73-54-68(48-51-85(73)97)78-44-25-42-76(92-78)61-30-12-3-13-31-61/h1-58H. The Morgan fingerprint density at radius 1 is 0.173 bits per heavy atom. The lowest BCUT2D eigenvalue weighted by atomic mass is 9.97. The fraction of sp³-hybridized carbons (Fsp3) is 0. The molecule has 6 aromatic heterocycles. The van der Waals surface area contributed by atoms with E-state index in [1.807, 2.05) is 48.5 Å². The van der Waals surface area contributed by atoms with E-state index in [0.717, 1.165) is 167 Å². The summed E-state index contributed by atoms with van der Waals surface area (Å²) in [4.78, 5) is 32.9. The summed E-state index contributed by atoms with van der Waals surface area (Å²) < 4.78 is 4.94. The first-order valence-corrected chi connectivity index (χ1v) is 33.0. The van der Waals surface area contributed by atoms with Gasteiger partial charge in [-0.2, -0.15) is 0 Å². The molecule has 0 saturated carbocycles. The van der Waals surface area contributed by atoms with E-state index in [9.17, 15) is 0 Å². The van der Waals surface area contributed by atoms with Gasteiger partial charge in [-0.05, 0) is 102 Å². The van der Waals surface area contributed by atoms with Crippen LogP contribution in [0, 0.1) is 0 Å². The van der Waals surface area contributed by atoms with Gasteiger partial charge in [0.15, 0.2) is 11.6 Å². The average Bonchev–Trinajstić information content (AvgIpc) is 1.45. The minimum absolute atomic E-state index is 0.598. The van der Waals surface area contributed by atoms with E-state index in [1.165, 1.54) is 0 Å². The second kappa shape index (κ2) is 24.6. The number of para-hydroxylation sites is 1. The van der Waals surface area contributed by atoms with Gasteiger partial charge in [-0.15, -0.1) is 0 Å². The Morgan fingerprint density at radius 2 is 0.510 bits per heavy atom. The summed E-state index contributed by atoms with van der Waals surface area (Å²) in [7, 11) is 0. The summed E-state index contributed by atoms with van der Waals surface area (Å²) in [6.07, 6.45) is 0. The smallest absolute Gasteiger partial charge is 0.160 e. The SMILES string of the molecule is c1ccc(-c2ccc3c(c2)c2ccccc2n3-c2c(-c3cc(-c4ccccc4)nc(-c4ccccc4)n3)cc(-c3cc(-c4ccccc4)nc(-c4ccccc4)n3)cc2-n2c3ccc(-c4cccc(-c5ccccc5)n4)cc3c3cc(-c4cccc(-c5ccccc5)n4)ccc32)cc1. The van der Waals surface area contributed by atoms with Crippen molar-refractivity contribution in [2.75, 3.05) is 0 Å². The molecule has 18 aromatic rings. The van der Waals surface area contributed by atoms with E-state index in [2.05, 4.69) is 312 Å². The molecule has 458 valence electrons. The van der Waals surface area contributed by atoms with Crippen LogP contribution in [0.25, 0.3) is 179 Å². The van der Waals surface area contributed by atoms with Gasteiger partial charge in [0.1, 0.15) is 0 Å². The second-order valence-electron chi connectivity index (χ2n) is 24.6. The Hall–Kier alpha value is -13.3. The van der Waals surface area contributed by atoms with E-state index in [-0.39, 0.29) is 0 Å². The number of fused-ring (bicyclic) bond motifs is 6. The van der Waals surface area contributed by atoms with Crippen molar-refractivity contribution in [3.8, 4) is 135 Å². The molecule has 0 aliphatic carbocycles. The van der Waals surface area contributed by atoms with Crippen molar-refractivity contribution in [3.05, 3.63) is 352 Å². The molecule has 8 heteroatoms. The van der Waals surface area contributed by atoms with Crippen molar-refractivity contribution in [1.29, 1.82) is 0 Å². The zero-order chi connectivity index (χ0) is 64.9. The largest absolute Gasteiger partial charge is 0.307 e. The van der Waals surface area contributed by atoms with Crippen LogP contribution < -0.4 is 0 Å². The van der Waals surface area contributed by atoms with Crippen LogP contribution in [0.4, 0.5) is 0 Å². The van der Waals surface area contributed by atoms with Crippen molar-refractivity contribution in [3.63, 3.8) is 0 Å². The van der Waals surface area contributed by atoms with E-state index in [4.69, 9.17) is 29.9 Å². The van der Waals surface area contributed by atoms with Crippen molar-refractivity contribution >= 4 is 43.6 Å². The molecule has 0 saturated heterocycles. The highest BCUT2D eigenvalue weighted by Gasteiger charge is 2.28. The summed E-state index contributed by atoms with van der Waals surface area (Å²) >= 11 is 0. The average molecular weight is 1250 g/mol. The summed E-state index contributed by atoms with van der Waals surface area (Å²) in [6.45, 7) is 0. The molecule has 0 spiro atoms. The normalized spacial score (nSPS) is 11.5. The van der Waals surface area contributed by atoms with E-state index in [1.54, 1.807) is 0 Å². The minimum Gasteiger partial charge on any atom is -0.307 e. The Kier molecular flexibility index (Phi) is 14.4. The van der Waals surface area contributed by atoms with Crippen molar-refractivity contribution in [2.24, 2.45) is 0 Å². The van der Waals surface area contributed by atoms with Crippen molar-refractivity contribution < 1.29 is 0 Å². The van der Waals surface area contributed by atoms with Crippen molar-refractivity contribution in [1.82, 2.24) is 39.0 Å². The first-order chi connectivity index (χ1) is 48.6. The van der Waals surface area contributed by atoms with Gasteiger partial charge in [-0.25, -0.2) is 29.9 Å². The molecule has 12 aromatic carbocycles. The van der Waals surface area contributed by atoms with Crippen LogP contribution in [0.3, 0.4) is 0 Å². The van der Waals surface area contributed by atoms with Crippen LogP contribution in [-0.4, -0.2) is 39.0 Å². The highest BCUT2D eigenvalue weighted by Crippen LogP contribution is 2.47. The van der Waals surface area contributed by atoms with Gasteiger partial charge >= 0.3 is 0 Å². The molecule has 0 bridgehead atoms. The molecule has 98 heavy (non-hydrogen) atoms. The quantitative estimate of drug-likeness (QED) is 0.114. The number of benzene rings is 12. The van der Waals surface area contributed by atoms with E-state index in [0.29, 0.717) is 11.6 Å². The van der Waals surface area contributed by atoms with Gasteiger partial charge in [0.25, 0.3) is 0 Å². The first-order valence-electron chi connectivity index (χ1n) is 33.0. The summed E-state index contributed by atoms with van der Waals surface area (Å²) in [6, 6.07) is 124. The van der Waals surface area contributed by atoms with Crippen LogP contribution in [0.15, 0.2) is 352 Å². The molecule has 0 amide bonds. The molecule has 0 radical (unpaired) electrons. The molecule has 8 nitrogen and oxygen atoms in total. The third kappa shape index (κ3) is 10.6. The Labute approximate surface area is 566 Å². The Bertz CT molecular complexity index is 5760. The molecular formula is C90H58N8. The zero-order valence-corrected chi connectivity index (χ0v) is 53.1. The predicted octanol–water partition coefficient (Wildman–Crippen LogP) is 22.6. The fourth-order valence-corrected chi connectivity index (χ4v) is 13.9. The number of hydrogen-bond donors (Lipinski definition) is 0. The number of rotatable bonds is 13. The Balaban J connectivity index is 0.999. The molecule has 0 aliphatic heterocycles. The third-order valence-corrected chi connectivity index (χ3v) is 18.6. The molecule has 6 heterocycles. The summed E-state index contributed by atoms with van der Waals surface area (Å²) in [5.74, 6) is 1.21. The van der Waals surface area contributed by atoms with Gasteiger partial charge in [-0.3, -0.25) is 0 Å². The summed E-state index contributed by atoms with van der Waals surface area (Å²) in [5, 5.41) is 4.31. The van der Waals surface area contributed by atoms with Gasteiger partial charge in [-0.1, -0.05) is 261 Å². The zero-order valence-electron chi connectivity index (χ0n) is 53.1. The minimum atomic E-state index is 0.598. The number of aromatic nitrogens is 8. The first kappa shape index (κ1) is 57.4. The maximum absolute atomic E-state index is 5.76. The van der Waals surface area contributed by atoms with Crippen molar-refractivity contribution in [2.45, 2.75) is 0 Å². The van der Waals surface area contributed by atoms with E-state index >= 15 is 0 Å². The highest BCUT2D eigenvalue weighted by atomic mass is 15.1. The van der Waals surface area contributed by atoms with Crippen LogP contribution in [0.5, 0.6) is 0 Å². The number of pyridine rings is 2. The molecule has 0 aliphatic rings.